The first kappa shape index (κ1) is 15.0. The maximum absolute atomic E-state index is 11.5. The molecule has 0 aromatic heterocycles. The van der Waals surface area contributed by atoms with Crippen LogP contribution in [0.5, 0.6) is 0 Å². The van der Waals surface area contributed by atoms with E-state index in [0.29, 0.717) is 19.4 Å². The zero-order chi connectivity index (χ0) is 13.6. The molecule has 1 aliphatic heterocycles. The largest absolute Gasteiger partial charge is 0.481 e. The van der Waals surface area contributed by atoms with Crippen molar-refractivity contribution < 1.29 is 19.4 Å². The molecule has 0 radical (unpaired) electrons. The summed E-state index contributed by atoms with van der Waals surface area (Å²) in [5.74, 6) is -0.859. The van der Waals surface area contributed by atoms with Gasteiger partial charge in [-0.1, -0.05) is 0 Å². The van der Waals surface area contributed by atoms with Crippen molar-refractivity contribution >= 4 is 11.9 Å². The lowest BCUT2D eigenvalue weighted by Gasteiger charge is -2.19. The van der Waals surface area contributed by atoms with Crippen LogP contribution in [0.1, 0.15) is 46.0 Å². The second kappa shape index (κ2) is 6.73. The van der Waals surface area contributed by atoms with Crippen LogP contribution in [0, 0.1) is 5.41 Å². The zero-order valence-electron chi connectivity index (χ0n) is 11.2. The molecule has 0 aliphatic carbocycles. The summed E-state index contributed by atoms with van der Waals surface area (Å²) >= 11 is 0. The van der Waals surface area contributed by atoms with Gasteiger partial charge in [-0.15, -0.1) is 0 Å². The van der Waals surface area contributed by atoms with Gasteiger partial charge in [-0.05, 0) is 39.5 Å². The molecule has 1 amide bonds. The second-order valence-corrected chi connectivity index (χ2v) is 5.46. The van der Waals surface area contributed by atoms with E-state index >= 15 is 0 Å². The van der Waals surface area contributed by atoms with E-state index in [1.165, 1.54) is 0 Å². The number of amides is 1. The van der Waals surface area contributed by atoms with Crippen LogP contribution in [0.2, 0.25) is 0 Å². The molecular weight excluding hydrogens is 234 g/mol. The number of nitrogens with one attached hydrogen (secondary N) is 1. The summed E-state index contributed by atoms with van der Waals surface area (Å²) < 4.78 is 5.44. The van der Waals surface area contributed by atoms with Crippen LogP contribution >= 0.6 is 0 Å². The lowest BCUT2D eigenvalue weighted by atomic mass is 9.90. The third kappa shape index (κ3) is 5.04. The van der Waals surface area contributed by atoms with Gasteiger partial charge in [0.25, 0.3) is 0 Å². The van der Waals surface area contributed by atoms with Crippen molar-refractivity contribution in [2.24, 2.45) is 5.41 Å². The van der Waals surface area contributed by atoms with Crippen LogP contribution in [0.4, 0.5) is 0 Å². The van der Waals surface area contributed by atoms with E-state index in [1.54, 1.807) is 13.8 Å². The number of rotatable bonds is 7. The molecule has 0 bridgehead atoms. The molecule has 1 saturated heterocycles. The molecule has 1 rings (SSSR count). The zero-order valence-corrected chi connectivity index (χ0v) is 11.2. The highest BCUT2D eigenvalue weighted by molar-refractivity contribution is 5.76. The monoisotopic (exact) mass is 257 g/mol. The quantitative estimate of drug-likeness (QED) is 0.725. The van der Waals surface area contributed by atoms with E-state index in [4.69, 9.17) is 9.84 Å². The molecule has 2 N–H and O–H groups in total. The first-order valence-corrected chi connectivity index (χ1v) is 6.53. The highest BCUT2D eigenvalue weighted by Crippen LogP contribution is 2.19. The number of ether oxygens (including phenoxy) is 1. The predicted molar refractivity (Wildman–Crippen MR) is 67.3 cm³/mol. The Balaban J connectivity index is 2.11. The van der Waals surface area contributed by atoms with Crippen molar-refractivity contribution in [1.82, 2.24) is 5.32 Å². The SMILES string of the molecule is CC(C)(CCNC(=O)CCC1CCCO1)C(=O)O. The van der Waals surface area contributed by atoms with Gasteiger partial charge in [0.1, 0.15) is 0 Å². The summed E-state index contributed by atoms with van der Waals surface area (Å²) in [4.78, 5) is 22.4. The summed E-state index contributed by atoms with van der Waals surface area (Å²) in [5, 5.41) is 11.7. The average Bonchev–Trinajstić information content (AvgIpc) is 2.78. The normalized spacial score (nSPS) is 19.8. The molecule has 1 aliphatic rings. The topological polar surface area (TPSA) is 75.6 Å². The van der Waals surface area contributed by atoms with Gasteiger partial charge in [0.05, 0.1) is 11.5 Å². The fourth-order valence-corrected chi connectivity index (χ4v) is 1.87. The van der Waals surface area contributed by atoms with E-state index in [1.807, 2.05) is 0 Å². The molecule has 1 fully saturated rings. The number of carboxylic acids is 1. The second-order valence-electron chi connectivity index (χ2n) is 5.46. The summed E-state index contributed by atoms with van der Waals surface area (Å²) in [6, 6.07) is 0. The molecule has 5 nitrogen and oxygen atoms in total. The van der Waals surface area contributed by atoms with Crippen LogP contribution in [0.25, 0.3) is 0 Å². The van der Waals surface area contributed by atoms with E-state index in [0.717, 1.165) is 25.9 Å². The molecule has 1 unspecified atom stereocenters. The molecule has 0 aromatic rings. The highest BCUT2D eigenvalue weighted by atomic mass is 16.5. The summed E-state index contributed by atoms with van der Waals surface area (Å²) in [6.07, 6.45) is 4.00. The van der Waals surface area contributed by atoms with Crippen LogP contribution in [0.15, 0.2) is 0 Å². The first-order valence-electron chi connectivity index (χ1n) is 6.53. The third-order valence-electron chi connectivity index (χ3n) is 3.37. The van der Waals surface area contributed by atoms with Gasteiger partial charge in [-0.25, -0.2) is 0 Å². The summed E-state index contributed by atoms with van der Waals surface area (Å²) in [5.41, 5.74) is -0.790. The molecule has 5 heteroatoms. The molecule has 0 saturated carbocycles. The van der Waals surface area contributed by atoms with Gasteiger partial charge < -0.3 is 15.2 Å². The van der Waals surface area contributed by atoms with Crippen LogP contribution < -0.4 is 5.32 Å². The summed E-state index contributed by atoms with van der Waals surface area (Å²) in [7, 11) is 0. The molecule has 1 heterocycles. The lowest BCUT2D eigenvalue weighted by Crippen LogP contribution is -2.32. The smallest absolute Gasteiger partial charge is 0.309 e. The van der Waals surface area contributed by atoms with E-state index < -0.39 is 11.4 Å². The number of hydrogen-bond donors (Lipinski definition) is 2. The van der Waals surface area contributed by atoms with Gasteiger partial charge >= 0.3 is 5.97 Å². The maximum atomic E-state index is 11.5. The van der Waals surface area contributed by atoms with Crippen LogP contribution in [-0.4, -0.2) is 36.2 Å². The van der Waals surface area contributed by atoms with Crippen molar-refractivity contribution in [1.29, 1.82) is 0 Å². The van der Waals surface area contributed by atoms with Crippen molar-refractivity contribution in [2.75, 3.05) is 13.2 Å². The number of hydrogen-bond acceptors (Lipinski definition) is 3. The average molecular weight is 257 g/mol. The minimum absolute atomic E-state index is 0.0216. The molecule has 104 valence electrons. The Morgan fingerprint density at radius 2 is 2.17 bits per heavy atom. The molecule has 18 heavy (non-hydrogen) atoms. The predicted octanol–water partition coefficient (Wildman–Crippen LogP) is 1.56. The van der Waals surface area contributed by atoms with Crippen LogP contribution in [-0.2, 0) is 14.3 Å². The Labute approximate surface area is 108 Å². The number of carboxylic acid groups (broad SMARTS) is 1. The van der Waals surface area contributed by atoms with Gasteiger partial charge in [-0.3, -0.25) is 9.59 Å². The van der Waals surface area contributed by atoms with E-state index in [9.17, 15) is 9.59 Å². The number of carbonyl (C=O) groups excluding carboxylic acids is 1. The van der Waals surface area contributed by atoms with Gasteiger partial charge in [-0.2, -0.15) is 0 Å². The Morgan fingerprint density at radius 3 is 2.72 bits per heavy atom. The Morgan fingerprint density at radius 1 is 1.44 bits per heavy atom. The highest BCUT2D eigenvalue weighted by Gasteiger charge is 2.26. The molecule has 0 spiro atoms. The Bertz CT molecular complexity index is 295. The molecular formula is C13H23NO4. The van der Waals surface area contributed by atoms with Crippen LogP contribution in [0.3, 0.4) is 0 Å². The van der Waals surface area contributed by atoms with Gasteiger partial charge in [0.15, 0.2) is 0 Å². The fourth-order valence-electron chi connectivity index (χ4n) is 1.87. The fraction of sp³-hybridized carbons (Fsp3) is 0.846. The molecule has 0 aromatic carbocycles. The van der Waals surface area contributed by atoms with E-state index in [2.05, 4.69) is 5.32 Å². The lowest BCUT2D eigenvalue weighted by molar-refractivity contribution is -0.147. The van der Waals surface area contributed by atoms with Crippen molar-refractivity contribution in [3.05, 3.63) is 0 Å². The van der Waals surface area contributed by atoms with Crippen molar-refractivity contribution in [3.8, 4) is 0 Å². The van der Waals surface area contributed by atoms with Gasteiger partial charge in [0.2, 0.25) is 5.91 Å². The molecule has 1 atom stereocenters. The maximum Gasteiger partial charge on any atom is 0.309 e. The van der Waals surface area contributed by atoms with Gasteiger partial charge in [0, 0.05) is 19.6 Å². The first-order chi connectivity index (χ1) is 8.42. The minimum Gasteiger partial charge on any atom is -0.481 e. The van der Waals surface area contributed by atoms with Crippen molar-refractivity contribution in [3.63, 3.8) is 0 Å². The Hall–Kier alpha value is -1.10. The third-order valence-corrected chi connectivity index (χ3v) is 3.37. The van der Waals surface area contributed by atoms with E-state index in [-0.39, 0.29) is 12.0 Å². The minimum atomic E-state index is -0.837. The van der Waals surface area contributed by atoms with Crippen molar-refractivity contribution in [2.45, 2.75) is 52.1 Å². The Kier molecular flexibility index (Phi) is 5.59. The number of aliphatic carboxylic acids is 1. The summed E-state index contributed by atoms with van der Waals surface area (Å²) in [6.45, 7) is 4.53. The number of carbonyl (C=O) groups is 2. The standard InChI is InChI=1S/C13H23NO4/c1-13(2,12(16)17)7-8-14-11(15)6-5-10-4-3-9-18-10/h10H,3-9H2,1-2H3,(H,14,15)(H,16,17).